The Kier molecular flexibility index (Phi) is 30.5. The van der Waals surface area contributed by atoms with E-state index < -0.39 is 126 Å². The van der Waals surface area contributed by atoms with Crippen molar-refractivity contribution in [3.05, 3.63) is 180 Å². The number of phosphoric acid groups is 2. The molecule has 0 radical (unpaired) electrons. The number of hydrogen-bond donors (Lipinski definition) is 7. The molecule has 8 rings (SSSR count). The Morgan fingerprint density at radius 1 is 0.604 bits per heavy atom. The van der Waals surface area contributed by atoms with Gasteiger partial charge in [0.2, 0.25) is 0 Å². The fourth-order valence-electron chi connectivity index (χ4n) is 8.92. The number of halogens is 12. The first-order chi connectivity index (χ1) is 47.0. The van der Waals surface area contributed by atoms with Crippen LogP contribution in [0.5, 0.6) is 11.5 Å². The summed E-state index contributed by atoms with van der Waals surface area (Å²) < 4.78 is 218. The maximum absolute atomic E-state index is 15.3. The van der Waals surface area contributed by atoms with Gasteiger partial charge in [0.1, 0.15) is 90.0 Å². The van der Waals surface area contributed by atoms with Gasteiger partial charge in [-0.1, -0.05) is 56.0 Å². The van der Waals surface area contributed by atoms with Gasteiger partial charge in [0.15, 0.2) is 38.4 Å². The van der Waals surface area contributed by atoms with Gasteiger partial charge in [-0.3, -0.25) is 13.8 Å². The fourth-order valence-corrected chi connectivity index (χ4v) is 9.30. The van der Waals surface area contributed by atoms with Gasteiger partial charge in [-0.15, -0.1) is 0 Å². The topological polar surface area (TPSA) is 384 Å². The summed E-state index contributed by atoms with van der Waals surface area (Å²) in [6.07, 6.45) is 8.19. The number of benzene rings is 4. The number of alkyl halides is 8. The van der Waals surface area contributed by atoms with E-state index in [2.05, 4.69) is 55.1 Å². The van der Waals surface area contributed by atoms with E-state index >= 15 is 8.78 Å². The molecule has 0 aliphatic heterocycles. The zero-order valence-corrected chi connectivity index (χ0v) is 54.1. The summed E-state index contributed by atoms with van der Waals surface area (Å²) in [5.41, 5.74) is 5.75. The predicted octanol–water partition coefficient (Wildman–Crippen LogP) is 9.12. The van der Waals surface area contributed by atoms with E-state index in [1.54, 1.807) is 12.2 Å². The van der Waals surface area contributed by atoms with Crippen LogP contribution in [-0.2, 0) is 56.7 Å². The minimum Gasteiger partial charge on any atom is -0.487 e. The Bertz CT molecular complexity index is 3770. The first-order valence-electron chi connectivity index (χ1n) is 29.0. The van der Waals surface area contributed by atoms with Gasteiger partial charge in [0.25, 0.3) is 0 Å². The van der Waals surface area contributed by atoms with Crippen LogP contribution in [0.15, 0.2) is 123 Å². The van der Waals surface area contributed by atoms with Crippen LogP contribution in [0, 0.1) is 23.3 Å². The van der Waals surface area contributed by atoms with Crippen LogP contribution in [-0.4, -0.2) is 154 Å². The number of aliphatic carboxylic acids is 1. The molecule has 4 heterocycles. The summed E-state index contributed by atoms with van der Waals surface area (Å²) in [5.74, 6) is -13.2. The van der Waals surface area contributed by atoms with E-state index in [4.69, 9.17) is 29.8 Å². The molecule has 0 saturated heterocycles. The first-order valence-corrected chi connectivity index (χ1v) is 32.1. The molecule has 0 bridgehead atoms. The van der Waals surface area contributed by atoms with Gasteiger partial charge in [-0.25, -0.2) is 82.9 Å². The molecule has 0 saturated carbocycles. The molecular weight excluding hydrogens is 1420 g/mol. The van der Waals surface area contributed by atoms with Gasteiger partial charge in [0, 0.05) is 23.3 Å². The Hall–Kier alpha value is -8.79. The summed E-state index contributed by atoms with van der Waals surface area (Å²) in [4.78, 5) is 63.0. The highest BCUT2D eigenvalue weighted by Gasteiger charge is 2.47. The van der Waals surface area contributed by atoms with E-state index in [9.17, 15) is 77.4 Å². The van der Waals surface area contributed by atoms with E-state index in [0.29, 0.717) is 29.7 Å². The van der Waals surface area contributed by atoms with Crippen LogP contribution < -0.4 is 20.9 Å². The molecule has 4 aromatic heterocycles. The van der Waals surface area contributed by atoms with Crippen molar-refractivity contribution in [1.29, 1.82) is 0 Å². The summed E-state index contributed by atoms with van der Waals surface area (Å²) in [5, 5.41) is 25.1. The van der Waals surface area contributed by atoms with Crippen LogP contribution in [0.2, 0.25) is 0 Å². The number of rotatable bonds is 35. The van der Waals surface area contributed by atoms with Crippen LogP contribution >= 0.6 is 15.6 Å². The van der Waals surface area contributed by atoms with Crippen LogP contribution in [0.4, 0.5) is 52.7 Å². The van der Waals surface area contributed by atoms with Crippen LogP contribution in [0.3, 0.4) is 0 Å². The van der Waals surface area contributed by atoms with Crippen LogP contribution in [0.1, 0.15) is 86.5 Å². The maximum atomic E-state index is 15.3. The summed E-state index contributed by atoms with van der Waals surface area (Å²) in [6, 6.07) is 13.8. The smallest absolute Gasteiger partial charge is 0.471 e. The molecule has 28 nitrogen and oxygen atoms in total. The second-order valence-electron chi connectivity index (χ2n) is 21.3. The van der Waals surface area contributed by atoms with Crippen molar-refractivity contribution in [3.8, 4) is 11.5 Å². The lowest BCUT2D eigenvalue weighted by molar-refractivity contribution is -0.368. The maximum Gasteiger partial charge on any atom is 0.471 e. The van der Waals surface area contributed by atoms with Crippen molar-refractivity contribution in [1.82, 2.24) is 59.1 Å². The molecule has 0 spiro atoms. The van der Waals surface area contributed by atoms with E-state index in [0.717, 1.165) is 43.7 Å². The molecule has 0 aliphatic carbocycles. The number of nitrogens with zero attached hydrogens (tertiary/aromatic N) is 12. The third kappa shape index (κ3) is 25.1. The molecule has 8 aromatic rings. The summed E-state index contributed by atoms with van der Waals surface area (Å²) in [7, 11) is -10.0. The van der Waals surface area contributed by atoms with Crippen molar-refractivity contribution in [2.24, 2.45) is 5.73 Å². The monoisotopic (exact) mass is 1490 g/mol. The molecule has 0 amide bonds. The van der Waals surface area contributed by atoms with Crippen LogP contribution in [0.25, 0.3) is 24.3 Å². The van der Waals surface area contributed by atoms with Gasteiger partial charge in [0.05, 0.1) is 31.7 Å². The quantitative estimate of drug-likeness (QED) is 0.00842. The lowest BCUT2D eigenvalue weighted by Crippen LogP contribution is -2.50. The summed E-state index contributed by atoms with van der Waals surface area (Å²) in [6.45, 7) is -1.68. The number of carboxylic acid groups (broad SMARTS) is 1. The Morgan fingerprint density at radius 2 is 0.990 bits per heavy atom. The molecule has 10 N–H and O–H groups in total. The Labute approximate surface area is 566 Å². The number of unbranched alkanes of at least 4 members (excludes halogenated alkanes) is 1. The fraction of sp³-hybridized carbons (Fsp3) is 0.373. The highest BCUT2D eigenvalue weighted by Crippen LogP contribution is 2.45. The number of carbonyl (C=O) groups is 1. The van der Waals surface area contributed by atoms with E-state index in [1.807, 2.05) is 0 Å². The number of nitrogens with two attached hydrogens (primary N) is 1. The minimum atomic E-state index is -5.02. The highest BCUT2D eigenvalue weighted by atomic mass is 31.2. The zero-order valence-electron chi connectivity index (χ0n) is 52.3. The van der Waals surface area contributed by atoms with E-state index in [1.165, 1.54) is 131 Å². The Balaban J connectivity index is 0.000000317. The number of ether oxygens (including phenoxy) is 4. The number of aromatic nitrogens is 12. The van der Waals surface area contributed by atoms with Gasteiger partial charge < -0.3 is 55.1 Å². The molecule has 5 atom stereocenters. The number of phosphoric ester groups is 2. The standard InChI is InChI=1S/2C26H25F6N6O6P.C6H14N2O2.CH4/c2*1-17(38-15-34-23(36-38)9-4-18-2-6-20(7-3-18)42-12-26(31,32)24(29)30)25(11-37-14-33-13-35-37,43-16-44-45(39,40)41)21-8-5-19(27)10-22(21)28;7-4-2-1-3-5(8)6(9)10;/h2*2-10,13-15,17,24H,11-12,16H2,1H3,(H2,39,40,41);5H,1-4,7-8H2,(H,9,10);1H4/p+1/b2*9-4+;;/t2*17-,25-;;/m11../s1. The number of quaternary nitrogens is 1. The van der Waals surface area contributed by atoms with Crippen molar-refractivity contribution >= 4 is 45.9 Å². The molecule has 4 aromatic carbocycles. The second kappa shape index (κ2) is 37.2. The third-order valence-electron chi connectivity index (χ3n) is 14.2. The molecule has 0 fully saturated rings. The van der Waals surface area contributed by atoms with Crippen molar-refractivity contribution in [3.63, 3.8) is 0 Å². The minimum absolute atomic E-state index is 0. The molecule has 1 unspecified atom stereocenters. The molecule has 42 heteroatoms. The number of hydrogen-bond acceptors (Lipinski definition) is 18. The Morgan fingerprint density at radius 3 is 1.31 bits per heavy atom. The van der Waals surface area contributed by atoms with Crippen molar-refractivity contribution in [2.45, 2.75) is 108 Å². The second-order valence-corrected chi connectivity index (χ2v) is 23.8. The SMILES string of the molecule is C.C[C@@H](n1cnc(/C=C/c2ccc(OCC(F)(F)C(F)F)cc2)n1)[C@@](Cn1cncn1)(OCOP(=O)(O)O)c1ccc(F)cc1F.C[C@@H](n1cnc(/C=C/c2ccc(OCC(F)(F)C(F)F)cc2)n1)[C@@](Cn1cncn1)(OCOP(=O)(O)O)c1ccc(F)cc1F.NC(CCCC[NH3+])C(=O)O. The van der Waals surface area contributed by atoms with E-state index in [-0.39, 0.29) is 54.8 Å². The lowest BCUT2D eigenvalue weighted by Gasteiger charge is -2.39. The summed E-state index contributed by atoms with van der Waals surface area (Å²) >= 11 is 0. The number of carboxylic acids is 1. The van der Waals surface area contributed by atoms with Gasteiger partial charge in [-0.05, 0) is 92.8 Å². The largest absolute Gasteiger partial charge is 0.487 e. The van der Waals surface area contributed by atoms with Crippen molar-refractivity contribution in [2.75, 3.05) is 33.3 Å². The molecule has 0 aliphatic rings. The normalized spacial score (nSPS) is 14.3. The molecular formula is C59H69F12N14O14P2+. The highest BCUT2D eigenvalue weighted by molar-refractivity contribution is 7.46. The zero-order chi connectivity index (χ0) is 73.6. The molecule has 101 heavy (non-hydrogen) atoms. The first kappa shape index (κ1) is 82.9. The molecule has 552 valence electrons. The lowest BCUT2D eigenvalue weighted by atomic mass is 9.86. The predicted molar refractivity (Wildman–Crippen MR) is 331 cm³/mol. The average molecular weight is 1490 g/mol. The van der Waals surface area contributed by atoms with Crippen molar-refractivity contribution < 1.29 is 125 Å². The average Bonchev–Trinajstić information content (AvgIpc) is 1.72. The third-order valence-corrected chi connectivity index (χ3v) is 15.1. The van der Waals surface area contributed by atoms with Gasteiger partial charge in [-0.2, -0.15) is 38.0 Å². The van der Waals surface area contributed by atoms with Gasteiger partial charge >= 0.3 is 46.3 Å².